The fourth-order valence-electron chi connectivity index (χ4n) is 0.132. The van der Waals surface area contributed by atoms with Crippen LogP contribution in [0.3, 0.4) is 0 Å². The van der Waals surface area contributed by atoms with Gasteiger partial charge in [-0.2, -0.15) is 21.6 Å². The SMILES string of the molecule is NS(=O)(=O)S(=O)(=O)C(F)(F)F.[H-].[Li+]. The van der Waals surface area contributed by atoms with Crippen molar-refractivity contribution in [3.8, 4) is 0 Å². The molecule has 0 heterocycles. The monoisotopic (exact) mass is 221 g/mol. The molecule has 0 aromatic carbocycles. The summed E-state index contributed by atoms with van der Waals surface area (Å²) in [5, 5.41) is 3.76. The van der Waals surface area contributed by atoms with E-state index in [9.17, 15) is 30.0 Å². The second kappa shape index (κ2) is 3.55. The molecule has 12 heavy (non-hydrogen) atoms. The summed E-state index contributed by atoms with van der Waals surface area (Å²) in [6.07, 6.45) is 0. The predicted octanol–water partition coefficient (Wildman–Crippen LogP) is -3.76. The van der Waals surface area contributed by atoms with Crippen molar-refractivity contribution in [1.82, 2.24) is 0 Å². The molecule has 0 unspecified atom stereocenters. The first kappa shape index (κ1) is 14.8. The van der Waals surface area contributed by atoms with E-state index in [1.54, 1.807) is 0 Å². The Morgan fingerprint density at radius 2 is 1.33 bits per heavy atom. The van der Waals surface area contributed by atoms with Gasteiger partial charge in [0.15, 0.2) is 0 Å². The van der Waals surface area contributed by atoms with Gasteiger partial charge in [0.05, 0.1) is 0 Å². The van der Waals surface area contributed by atoms with Crippen LogP contribution in [0.2, 0.25) is 0 Å². The molecule has 0 aliphatic heterocycles. The summed E-state index contributed by atoms with van der Waals surface area (Å²) in [7, 11) is -11.9. The number of halogens is 3. The van der Waals surface area contributed by atoms with E-state index >= 15 is 0 Å². The maximum absolute atomic E-state index is 11.3. The maximum atomic E-state index is 11.3. The van der Waals surface area contributed by atoms with Crippen LogP contribution >= 0.6 is 0 Å². The van der Waals surface area contributed by atoms with Gasteiger partial charge in [-0.15, -0.1) is 0 Å². The average Bonchev–Trinajstić information content (AvgIpc) is 1.58. The normalized spacial score (nSPS) is 13.7. The Morgan fingerprint density at radius 3 is 1.33 bits per heavy atom. The Balaban J connectivity index is -0.000000500. The molecular weight excluding hydrogens is 218 g/mol. The number of hydrogen-bond donors (Lipinski definition) is 1. The van der Waals surface area contributed by atoms with E-state index in [0.717, 1.165) is 0 Å². The van der Waals surface area contributed by atoms with Crippen LogP contribution in [0.25, 0.3) is 0 Å². The molecule has 0 bridgehead atoms. The molecule has 0 spiro atoms. The van der Waals surface area contributed by atoms with Gasteiger partial charge in [0.25, 0.3) is 0 Å². The minimum Gasteiger partial charge on any atom is -1.00 e. The Kier molecular flexibility index (Phi) is 4.36. The molecule has 0 aromatic rings. The van der Waals surface area contributed by atoms with Crippen molar-refractivity contribution in [1.29, 1.82) is 0 Å². The molecule has 11 heteroatoms. The Hall–Kier alpha value is 0.247. The van der Waals surface area contributed by atoms with Crippen LogP contribution in [0.1, 0.15) is 1.43 Å². The second-order valence-corrected chi connectivity index (χ2v) is 6.46. The van der Waals surface area contributed by atoms with E-state index in [2.05, 4.69) is 5.14 Å². The van der Waals surface area contributed by atoms with E-state index < -0.39 is 23.4 Å². The molecule has 0 aromatic heterocycles. The van der Waals surface area contributed by atoms with E-state index in [1.165, 1.54) is 0 Å². The Bertz CT molecular complexity index is 344. The minimum atomic E-state index is -6.26. The molecule has 0 aliphatic rings. The van der Waals surface area contributed by atoms with Gasteiger partial charge in [0.1, 0.15) is 0 Å². The summed E-state index contributed by atoms with van der Waals surface area (Å²) < 4.78 is 73.1. The summed E-state index contributed by atoms with van der Waals surface area (Å²) in [6, 6.07) is 0. The van der Waals surface area contributed by atoms with Crippen LogP contribution in [0.15, 0.2) is 0 Å². The second-order valence-electron chi connectivity index (χ2n) is 1.39. The van der Waals surface area contributed by atoms with Gasteiger partial charge in [0.2, 0.25) is 0 Å². The number of rotatable bonds is 1. The van der Waals surface area contributed by atoms with Gasteiger partial charge in [-0.3, -0.25) is 0 Å². The van der Waals surface area contributed by atoms with Gasteiger partial charge in [-0.05, 0) is 0 Å². The first-order valence-corrected chi connectivity index (χ1v) is 5.39. The van der Waals surface area contributed by atoms with Crippen molar-refractivity contribution in [2.75, 3.05) is 0 Å². The smallest absolute Gasteiger partial charge is 1.00 e. The number of hydrogen-bond acceptors (Lipinski definition) is 4. The summed E-state index contributed by atoms with van der Waals surface area (Å²) >= 11 is 0. The van der Waals surface area contributed by atoms with Crippen molar-refractivity contribution in [2.24, 2.45) is 5.14 Å². The molecular formula is CH3F3LiNO4S2. The molecule has 2 N–H and O–H groups in total. The van der Waals surface area contributed by atoms with Gasteiger partial charge in [-0.1, -0.05) is 0 Å². The molecule has 0 amide bonds. The molecule has 0 aliphatic carbocycles. The Morgan fingerprint density at radius 1 is 1.08 bits per heavy atom. The van der Waals surface area contributed by atoms with Crippen LogP contribution in [0.5, 0.6) is 0 Å². The standard InChI is InChI=1S/CH2F3NO4S2.Li.H/c2-1(3,4)10(6,7)11(5,8)9;;/h(H2,5,8,9);;/q;+1;-1. The maximum Gasteiger partial charge on any atom is 1.00 e. The summed E-state index contributed by atoms with van der Waals surface area (Å²) in [5.74, 6) is 0. The summed E-state index contributed by atoms with van der Waals surface area (Å²) in [4.78, 5) is 0. The minimum absolute atomic E-state index is 0. The topological polar surface area (TPSA) is 94.3 Å². The third-order valence-corrected chi connectivity index (χ3v) is 4.17. The first-order chi connectivity index (χ1) is 4.50. The molecule has 0 fully saturated rings. The van der Waals surface area contributed by atoms with Crippen molar-refractivity contribution in [3.63, 3.8) is 0 Å². The van der Waals surface area contributed by atoms with Crippen LogP contribution in [0, 0.1) is 0 Å². The van der Waals surface area contributed by atoms with Crippen LogP contribution < -0.4 is 24.0 Å². The zero-order valence-corrected chi connectivity index (χ0v) is 7.29. The summed E-state index contributed by atoms with van der Waals surface area (Å²) in [5.41, 5.74) is -5.86. The molecule has 5 nitrogen and oxygen atoms in total. The number of nitrogens with two attached hydrogens (primary N) is 1. The zero-order valence-electron chi connectivity index (χ0n) is 6.66. The van der Waals surface area contributed by atoms with E-state index in [0.29, 0.717) is 0 Å². The first-order valence-electron chi connectivity index (χ1n) is 1.84. The zero-order chi connectivity index (χ0) is 9.50. The Labute approximate surface area is 79.1 Å². The van der Waals surface area contributed by atoms with Crippen LogP contribution in [0.4, 0.5) is 13.2 Å². The fraction of sp³-hybridized carbons (Fsp3) is 1.00. The molecule has 0 saturated carbocycles. The summed E-state index contributed by atoms with van der Waals surface area (Å²) in [6.45, 7) is 0. The molecule has 0 atom stereocenters. The fourth-order valence-corrected chi connectivity index (χ4v) is 1.19. The van der Waals surface area contributed by atoms with E-state index in [-0.39, 0.29) is 20.3 Å². The van der Waals surface area contributed by atoms with Crippen molar-refractivity contribution < 1.29 is 50.3 Å². The third-order valence-electron chi connectivity index (χ3n) is 0.589. The third kappa shape index (κ3) is 2.63. The van der Waals surface area contributed by atoms with Gasteiger partial charge in [0, 0.05) is 0 Å². The van der Waals surface area contributed by atoms with E-state index in [1.807, 2.05) is 0 Å². The quantitative estimate of drug-likeness (QED) is 0.363. The van der Waals surface area contributed by atoms with Gasteiger partial charge in [-0.25, -0.2) is 13.6 Å². The van der Waals surface area contributed by atoms with Gasteiger partial charge < -0.3 is 1.43 Å². The van der Waals surface area contributed by atoms with Crippen molar-refractivity contribution in [2.45, 2.75) is 5.51 Å². The molecule has 0 saturated heterocycles. The molecule has 70 valence electrons. The average molecular weight is 221 g/mol. The van der Waals surface area contributed by atoms with Crippen LogP contribution in [-0.4, -0.2) is 22.3 Å². The largest absolute Gasteiger partial charge is 1.00 e. The molecule has 0 rings (SSSR count). The predicted molar refractivity (Wildman–Crippen MR) is 29.2 cm³/mol. The van der Waals surface area contributed by atoms with Crippen molar-refractivity contribution >= 4 is 17.9 Å². The molecule has 0 radical (unpaired) electrons. The van der Waals surface area contributed by atoms with E-state index in [4.69, 9.17) is 0 Å². The van der Waals surface area contributed by atoms with Gasteiger partial charge >= 0.3 is 42.3 Å². The van der Waals surface area contributed by atoms with Crippen LogP contribution in [-0.2, 0) is 17.9 Å². The number of alkyl halides is 3. The van der Waals surface area contributed by atoms with Crippen molar-refractivity contribution in [3.05, 3.63) is 0 Å².